The summed E-state index contributed by atoms with van der Waals surface area (Å²) in [5.41, 5.74) is 1.20. The molecule has 0 aromatic carbocycles. The maximum absolute atomic E-state index is 12.3. The number of anilines is 1. The van der Waals surface area contributed by atoms with Crippen molar-refractivity contribution in [2.24, 2.45) is 5.92 Å². The normalized spacial score (nSPS) is 18.9. The van der Waals surface area contributed by atoms with Crippen molar-refractivity contribution >= 4 is 22.4 Å². The molecule has 7 heteroatoms. The zero-order valence-electron chi connectivity index (χ0n) is 14.5. The summed E-state index contributed by atoms with van der Waals surface area (Å²) < 4.78 is 2.01. The minimum Gasteiger partial charge on any atom is -0.301 e. The number of likely N-dealkylation sites (tertiary alicyclic amines) is 1. The lowest BCUT2D eigenvalue weighted by Gasteiger charge is -2.31. The monoisotopic (exact) mass is 359 g/mol. The van der Waals surface area contributed by atoms with Crippen molar-refractivity contribution in [1.29, 1.82) is 0 Å². The van der Waals surface area contributed by atoms with Gasteiger partial charge in [0.15, 0.2) is 5.13 Å². The zero-order valence-corrected chi connectivity index (χ0v) is 15.3. The number of carbonyl (C=O) groups excluding carboxylic acids is 1. The van der Waals surface area contributed by atoms with E-state index in [-0.39, 0.29) is 5.91 Å². The number of piperidine rings is 1. The molecular weight excluding hydrogens is 334 g/mol. The van der Waals surface area contributed by atoms with Crippen molar-refractivity contribution in [3.8, 4) is 0 Å². The van der Waals surface area contributed by atoms with Gasteiger partial charge in [0, 0.05) is 23.8 Å². The maximum atomic E-state index is 12.3. The molecule has 0 radical (unpaired) electrons. The topological polar surface area (TPSA) is 63.1 Å². The second-order valence-corrected chi connectivity index (χ2v) is 8.18. The van der Waals surface area contributed by atoms with Crippen LogP contribution < -0.4 is 5.32 Å². The predicted octanol–water partition coefficient (Wildman–Crippen LogP) is 2.57. The van der Waals surface area contributed by atoms with Gasteiger partial charge in [-0.1, -0.05) is 0 Å². The Kier molecular flexibility index (Phi) is 5.12. The van der Waals surface area contributed by atoms with Crippen LogP contribution in [0, 0.1) is 5.92 Å². The van der Waals surface area contributed by atoms with E-state index in [0.29, 0.717) is 12.5 Å². The Bertz CT molecular complexity index is 680. The summed E-state index contributed by atoms with van der Waals surface area (Å²) in [5.74, 6) is 0.724. The Balaban J connectivity index is 1.23. The molecule has 0 bridgehead atoms. The molecule has 1 fully saturated rings. The van der Waals surface area contributed by atoms with Crippen LogP contribution in [-0.4, -0.2) is 45.2 Å². The molecule has 1 saturated heterocycles. The summed E-state index contributed by atoms with van der Waals surface area (Å²) >= 11 is 1.66. The molecule has 3 heterocycles. The van der Waals surface area contributed by atoms with Crippen LogP contribution in [0.25, 0.3) is 0 Å². The highest BCUT2D eigenvalue weighted by Crippen LogP contribution is 2.29. The number of amides is 1. The van der Waals surface area contributed by atoms with Gasteiger partial charge in [-0.25, -0.2) is 4.98 Å². The van der Waals surface area contributed by atoms with Gasteiger partial charge in [-0.15, -0.1) is 11.3 Å². The van der Waals surface area contributed by atoms with E-state index < -0.39 is 0 Å². The minimum atomic E-state index is 0.0663. The smallest absolute Gasteiger partial charge is 0.240 e. The second kappa shape index (κ2) is 7.66. The van der Waals surface area contributed by atoms with Crippen LogP contribution in [0.3, 0.4) is 0 Å². The van der Waals surface area contributed by atoms with Gasteiger partial charge in [-0.05, 0) is 63.6 Å². The van der Waals surface area contributed by atoms with Crippen LogP contribution in [0.4, 0.5) is 5.13 Å². The van der Waals surface area contributed by atoms with Crippen molar-refractivity contribution in [2.75, 3.05) is 25.0 Å². The molecule has 0 spiro atoms. The number of hydrogen-bond donors (Lipinski definition) is 1. The molecule has 1 aliphatic heterocycles. The molecule has 2 aliphatic rings. The standard InChI is InChI=1S/C18H25N5OS/c24-17(21-18-20-15-4-1-2-5-16(15)25-18)13-22-10-6-14(7-11-22)12-23-9-3-8-19-23/h3,8-9,14H,1-2,4-7,10-13H2,(H,20,21,24). The number of nitrogens with one attached hydrogen (secondary N) is 1. The van der Waals surface area contributed by atoms with Crippen LogP contribution in [-0.2, 0) is 24.2 Å². The molecule has 2 aromatic rings. The Morgan fingerprint density at radius 1 is 1.28 bits per heavy atom. The lowest BCUT2D eigenvalue weighted by Crippen LogP contribution is -2.40. The van der Waals surface area contributed by atoms with E-state index in [0.717, 1.165) is 50.4 Å². The Labute approximate surface area is 152 Å². The first-order valence-electron chi connectivity index (χ1n) is 9.24. The van der Waals surface area contributed by atoms with Crippen LogP contribution in [0.5, 0.6) is 0 Å². The largest absolute Gasteiger partial charge is 0.301 e. The molecule has 25 heavy (non-hydrogen) atoms. The maximum Gasteiger partial charge on any atom is 0.240 e. The van der Waals surface area contributed by atoms with Gasteiger partial charge in [0.2, 0.25) is 5.91 Å². The molecule has 4 rings (SSSR count). The number of aryl methyl sites for hydroxylation is 2. The van der Waals surface area contributed by atoms with E-state index in [1.165, 1.54) is 23.4 Å². The number of aromatic nitrogens is 3. The van der Waals surface area contributed by atoms with Crippen molar-refractivity contribution in [1.82, 2.24) is 19.7 Å². The number of thiazole rings is 1. The first-order valence-corrected chi connectivity index (χ1v) is 10.1. The Morgan fingerprint density at radius 3 is 2.88 bits per heavy atom. The average Bonchev–Trinajstić information content (AvgIpc) is 3.25. The summed E-state index contributed by atoms with van der Waals surface area (Å²) in [6, 6.07) is 1.97. The van der Waals surface area contributed by atoms with E-state index in [9.17, 15) is 4.79 Å². The number of nitrogens with zero attached hydrogens (tertiary/aromatic N) is 4. The summed E-state index contributed by atoms with van der Waals surface area (Å²) in [6.45, 7) is 3.41. The van der Waals surface area contributed by atoms with Gasteiger partial charge in [-0.2, -0.15) is 5.10 Å². The third kappa shape index (κ3) is 4.27. The van der Waals surface area contributed by atoms with Gasteiger partial charge in [-0.3, -0.25) is 14.4 Å². The first kappa shape index (κ1) is 16.7. The molecule has 0 saturated carbocycles. The minimum absolute atomic E-state index is 0.0663. The molecule has 2 aromatic heterocycles. The molecule has 1 N–H and O–H groups in total. The van der Waals surface area contributed by atoms with Crippen molar-refractivity contribution in [3.05, 3.63) is 29.0 Å². The summed E-state index contributed by atoms with van der Waals surface area (Å²) in [5, 5.41) is 8.07. The fourth-order valence-electron chi connectivity index (χ4n) is 3.77. The molecule has 1 aliphatic carbocycles. The molecule has 6 nitrogen and oxygen atoms in total. The third-order valence-corrected chi connectivity index (χ3v) is 6.24. The van der Waals surface area contributed by atoms with Crippen molar-refractivity contribution < 1.29 is 4.79 Å². The number of carbonyl (C=O) groups is 1. The molecule has 1 amide bonds. The van der Waals surface area contributed by atoms with Crippen LogP contribution in [0.2, 0.25) is 0 Å². The highest BCUT2D eigenvalue weighted by molar-refractivity contribution is 7.15. The van der Waals surface area contributed by atoms with Crippen LogP contribution >= 0.6 is 11.3 Å². The SMILES string of the molecule is O=C(CN1CCC(Cn2cccn2)CC1)Nc1nc2c(s1)CCCC2. The summed E-state index contributed by atoms with van der Waals surface area (Å²) in [4.78, 5) is 20.5. The molecule has 0 unspecified atom stereocenters. The van der Waals surface area contributed by atoms with Crippen molar-refractivity contribution in [3.63, 3.8) is 0 Å². The average molecular weight is 359 g/mol. The Hall–Kier alpha value is -1.73. The summed E-state index contributed by atoms with van der Waals surface area (Å²) in [7, 11) is 0. The lowest BCUT2D eigenvalue weighted by atomic mass is 9.97. The van der Waals surface area contributed by atoms with Gasteiger partial charge in [0.1, 0.15) is 0 Å². The van der Waals surface area contributed by atoms with E-state index >= 15 is 0 Å². The lowest BCUT2D eigenvalue weighted by molar-refractivity contribution is -0.117. The van der Waals surface area contributed by atoms with Gasteiger partial charge < -0.3 is 5.32 Å². The molecule has 134 valence electrons. The van der Waals surface area contributed by atoms with E-state index in [1.807, 2.05) is 23.1 Å². The fraction of sp³-hybridized carbons (Fsp3) is 0.611. The predicted molar refractivity (Wildman–Crippen MR) is 98.8 cm³/mol. The van der Waals surface area contributed by atoms with Gasteiger partial charge >= 0.3 is 0 Å². The van der Waals surface area contributed by atoms with E-state index in [2.05, 4.69) is 20.3 Å². The third-order valence-electron chi connectivity index (χ3n) is 5.17. The van der Waals surface area contributed by atoms with E-state index in [1.54, 1.807) is 11.3 Å². The Morgan fingerprint density at radius 2 is 2.12 bits per heavy atom. The number of hydrogen-bond acceptors (Lipinski definition) is 5. The number of fused-ring (bicyclic) bond motifs is 1. The molecular formula is C18H25N5OS. The van der Waals surface area contributed by atoms with E-state index in [4.69, 9.17) is 0 Å². The fourth-order valence-corrected chi connectivity index (χ4v) is 4.83. The zero-order chi connectivity index (χ0) is 17.1. The first-order chi connectivity index (χ1) is 12.3. The van der Waals surface area contributed by atoms with Crippen LogP contribution in [0.1, 0.15) is 36.3 Å². The summed E-state index contributed by atoms with van der Waals surface area (Å²) in [6.07, 6.45) is 10.7. The number of rotatable bonds is 5. The highest BCUT2D eigenvalue weighted by Gasteiger charge is 2.22. The highest BCUT2D eigenvalue weighted by atomic mass is 32.1. The second-order valence-electron chi connectivity index (χ2n) is 7.09. The molecule has 0 atom stereocenters. The van der Waals surface area contributed by atoms with Crippen molar-refractivity contribution in [2.45, 2.75) is 45.1 Å². The van der Waals surface area contributed by atoms with Crippen LogP contribution in [0.15, 0.2) is 18.5 Å². The quantitative estimate of drug-likeness (QED) is 0.891. The van der Waals surface area contributed by atoms with Gasteiger partial charge in [0.25, 0.3) is 0 Å². The van der Waals surface area contributed by atoms with Gasteiger partial charge in [0.05, 0.1) is 12.2 Å².